The second-order valence-corrected chi connectivity index (χ2v) is 5.80. The second kappa shape index (κ2) is 10.3. The molecule has 0 radical (unpaired) electrons. The number of ether oxygens (including phenoxy) is 2. The largest absolute Gasteiger partial charge is 0.361 e. The number of allylic oxidation sites excluding steroid dienone is 2. The standard InChI is InChI=1S/C18H20F4N2O4/c1-2-24(8-10-28-18(21)22)14-13(23-7-9-27-17(19)20)15(25)11-5-3-4-6-12(11)16(14)26/h3-6,17-18,23H,2,7-10H2,1H3/p+1. The van der Waals surface area contributed by atoms with Gasteiger partial charge in [-0.3, -0.25) is 9.59 Å². The number of nitrogens with zero attached hydrogens (tertiary/aromatic N) is 1. The molecule has 1 aromatic rings. The number of carbonyl (C=O) groups is 2. The third-order valence-corrected chi connectivity index (χ3v) is 4.14. The maximum Gasteiger partial charge on any atom is 0.345 e. The number of carbonyl (C=O) groups excluding carboxylic acids is 2. The Kier molecular flexibility index (Phi) is 8.09. The summed E-state index contributed by atoms with van der Waals surface area (Å²) in [6, 6.07) is 6.24. The number of ketones is 2. The smallest absolute Gasteiger partial charge is 0.345 e. The molecular weight excluding hydrogens is 384 g/mol. The SMILES string of the molecule is CCN(CCOC(F)F)C1=C([NH2+]CCOC(F)F)C(=O)c2ccccc2C1=O. The van der Waals surface area contributed by atoms with Crippen LogP contribution in [0, 0.1) is 0 Å². The fraction of sp³-hybridized carbons (Fsp3) is 0.444. The first-order valence-electron chi connectivity index (χ1n) is 8.67. The minimum atomic E-state index is -2.95. The molecule has 0 bridgehead atoms. The summed E-state index contributed by atoms with van der Waals surface area (Å²) in [7, 11) is 0. The van der Waals surface area contributed by atoms with Crippen LogP contribution in [-0.2, 0) is 9.47 Å². The lowest BCUT2D eigenvalue weighted by atomic mass is 9.89. The van der Waals surface area contributed by atoms with Crippen LogP contribution in [0.4, 0.5) is 17.6 Å². The van der Waals surface area contributed by atoms with E-state index in [1.165, 1.54) is 22.3 Å². The minimum absolute atomic E-state index is 0.0184. The van der Waals surface area contributed by atoms with Crippen LogP contribution in [0.5, 0.6) is 0 Å². The predicted octanol–water partition coefficient (Wildman–Crippen LogP) is 1.64. The van der Waals surface area contributed by atoms with Crippen LogP contribution in [0.15, 0.2) is 35.7 Å². The van der Waals surface area contributed by atoms with Crippen molar-refractivity contribution in [1.29, 1.82) is 0 Å². The van der Waals surface area contributed by atoms with Crippen LogP contribution in [0.1, 0.15) is 27.6 Å². The molecule has 28 heavy (non-hydrogen) atoms. The van der Waals surface area contributed by atoms with E-state index in [0.29, 0.717) is 0 Å². The van der Waals surface area contributed by atoms with Crippen molar-refractivity contribution in [3.8, 4) is 0 Å². The number of Topliss-reactive ketones (excluding diaryl/α,β-unsaturated/α-hetero) is 2. The number of benzene rings is 1. The van der Waals surface area contributed by atoms with E-state index in [-0.39, 0.29) is 55.4 Å². The molecule has 0 heterocycles. The molecule has 1 aromatic carbocycles. The van der Waals surface area contributed by atoms with Gasteiger partial charge in [-0.15, -0.1) is 0 Å². The number of nitrogens with two attached hydrogens (primary N) is 1. The highest BCUT2D eigenvalue weighted by atomic mass is 19.3. The van der Waals surface area contributed by atoms with Gasteiger partial charge in [0.15, 0.2) is 5.70 Å². The maximum atomic E-state index is 13.0. The highest BCUT2D eigenvalue weighted by molar-refractivity contribution is 6.25. The van der Waals surface area contributed by atoms with Crippen molar-refractivity contribution in [3.05, 3.63) is 46.8 Å². The van der Waals surface area contributed by atoms with E-state index >= 15 is 0 Å². The highest BCUT2D eigenvalue weighted by Crippen LogP contribution is 2.25. The number of quaternary nitrogens is 1. The summed E-state index contributed by atoms with van der Waals surface area (Å²) in [6.45, 7) is -4.67. The zero-order valence-corrected chi connectivity index (χ0v) is 15.2. The molecule has 0 spiro atoms. The van der Waals surface area contributed by atoms with Crippen LogP contribution in [-0.4, -0.2) is 62.5 Å². The van der Waals surface area contributed by atoms with Gasteiger partial charge in [0.1, 0.15) is 13.2 Å². The normalized spacial score (nSPS) is 14.2. The Morgan fingerprint density at radius 2 is 1.54 bits per heavy atom. The summed E-state index contributed by atoms with van der Waals surface area (Å²) in [4.78, 5) is 27.4. The van der Waals surface area contributed by atoms with Crippen LogP contribution in [0.3, 0.4) is 0 Å². The number of alkyl halides is 4. The van der Waals surface area contributed by atoms with Gasteiger partial charge in [0.05, 0.1) is 6.61 Å². The van der Waals surface area contributed by atoms with Crippen molar-refractivity contribution < 1.29 is 41.9 Å². The van der Waals surface area contributed by atoms with E-state index in [1.54, 1.807) is 19.1 Å². The van der Waals surface area contributed by atoms with Crippen LogP contribution < -0.4 is 5.32 Å². The van der Waals surface area contributed by atoms with Crippen LogP contribution >= 0.6 is 0 Å². The Bertz CT molecular complexity index is 740. The summed E-state index contributed by atoms with van der Waals surface area (Å²) in [5.41, 5.74) is 0.496. The van der Waals surface area contributed by atoms with E-state index < -0.39 is 24.8 Å². The van der Waals surface area contributed by atoms with Crippen molar-refractivity contribution in [3.63, 3.8) is 0 Å². The van der Waals surface area contributed by atoms with Crippen molar-refractivity contribution in [1.82, 2.24) is 4.90 Å². The zero-order chi connectivity index (χ0) is 20.7. The summed E-state index contributed by atoms with van der Waals surface area (Å²) in [6.07, 6.45) is 0. The maximum absolute atomic E-state index is 13.0. The molecule has 10 heteroatoms. The van der Waals surface area contributed by atoms with E-state index in [0.717, 1.165) is 0 Å². The number of halogens is 4. The lowest BCUT2D eigenvalue weighted by molar-refractivity contribution is -0.603. The van der Waals surface area contributed by atoms with Crippen molar-refractivity contribution >= 4 is 11.6 Å². The molecule has 0 saturated carbocycles. The van der Waals surface area contributed by atoms with Gasteiger partial charge >= 0.3 is 13.2 Å². The molecule has 0 aromatic heterocycles. The van der Waals surface area contributed by atoms with Crippen LogP contribution in [0.2, 0.25) is 0 Å². The van der Waals surface area contributed by atoms with E-state index in [1.807, 2.05) is 0 Å². The number of fused-ring (bicyclic) bond motifs is 1. The van der Waals surface area contributed by atoms with E-state index in [4.69, 9.17) is 0 Å². The predicted molar refractivity (Wildman–Crippen MR) is 90.1 cm³/mol. The highest BCUT2D eigenvalue weighted by Gasteiger charge is 2.37. The van der Waals surface area contributed by atoms with Gasteiger partial charge in [0.25, 0.3) is 0 Å². The zero-order valence-electron chi connectivity index (χ0n) is 15.2. The molecule has 1 aliphatic carbocycles. The lowest BCUT2D eigenvalue weighted by Gasteiger charge is -2.28. The number of hydrogen-bond acceptors (Lipinski definition) is 5. The molecule has 0 fully saturated rings. The van der Waals surface area contributed by atoms with E-state index in [9.17, 15) is 27.2 Å². The molecule has 6 nitrogen and oxygen atoms in total. The molecule has 1 aliphatic rings. The number of likely N-dealkylation sites (N-methyl/N-ethyl adjacent to an activating group) is 1. The summed E-state index contributed by atoms with van der Waals surface area (Å²) in [5, 5.41) is 1.37. The number of hydrogen-bond donors (Lipinski definition) is 1. The quantitative estimate of drug-likeness (QED) is 0.448. The summed E-state index contributed by atoms with van der Waals surface area (Å²) in [5.74, 6) is -0.870. The summed E-state index contributed by atoms with van der Waals surface area (Å²) >= 11 is 0. The third-order valence-electron chi connectivity index (χ3n) is 4.14. The van der Waals surface area contributed by atoms with Crippen molar-refractivity contribution in [2.45, 2.75) is 20.1 Å². The van der Waals surface area contributed by atoms with Crippen molar-refractivity contribution in [2.75, 3.05) is 32.8 Å². The van der Waals surface area contributed by atoms with Gasteiger partial charge in [-0.2, -0.15) is 17.6 Å². The molecule has 0 amide bonds. The average Bonchev–Trinajstić information content (AvgIpc) is 2.66. The fourth-order valence-electron chi connectivity index (χ4n) is 2.93. The molecule has 0 unspecified atom stereocenters. The Morgan fingerprint density at radius 1 is 0.964 bits per heavy atom. The second-order valence-electron chi connectivity index (χ2n) is 5.80. The molecule has 0 saturated heterocycles. The van der Waals surface area contributed by atoms with Gasteiger partial charge in [-0.1, -0.05) is 24.3 Å². The number of rotatable bonds is 11. The lowest BCUT2D eigenvalue weighted by Crippen LogP contribution is -2.85. The molecule has 2 rings (SSSR count). The average molecular weight is 405 g/mol. The molecule has 0 atom stereocenters. The first-order valence-corrected chi connectivity index (χ1v) is 8.67. The van der Waals surface area contributed by atoms with Gasteiger partial charge in [-0.25, -0.2) is 0 Å². The Labute approximate surface area is 159 Å². The Morgan fingerprint density at radius 3 is 2.11 bits per heavy atom. The first-order chi connectivity index (χ1) is 13.4. The summed E-state index contributed by atoms with van der Waals surface area (Å²) < 4.78 is 57.2. The van der Waals surface area contributed by atoms with Gasteiger partial charge < -0.3 is 19.7 Å². The monoisotopic (exact) mass is 405 g/mol. The molecule has 0 aliphatic heterocycles. The fourth-order valence-corrected chi connectivity index (χ4v) is 2.93. The molecule has 154 valence electrons. The van der Waals surface area contributed by atoms with Gasteiger partial charge in [-0.05, 0) is 6.92 Å². The topological polar surface area (TPSA) is 72.5 Å². The third kappa shape index (κ3) is 5.37. The molecule has 2 N–H and O–H groups in total. The first kappa shape index (κ1) is 22.0. The van der Waals surface area contributed by atoms with E-state index in [2.05, 4.69) is 9.47 Å². The molecular formula is C18H21F4N2O4+. The minimum Gasteiger partial charge on any atom is -0.361 e. The Hall–Kier alpha value is -2.30. The van der Waals surface area contributed by atoms with Gasteiger partial charge in [0, 0.05) is 24.2 Å². The van der Waals surface area contributed by atoms with Crippen molar-refractivity contribution in [2.24, 2.45) is 0 Å². The van der Waals surface area contributed by atoms with Gasteiger partial charge in [0.2, 0.25) is 17.3 Å². The Balaban J connectivity index is 2.32. The van der Waals surface area contributed by atoms with Crippen LogP contribution in [0.25, 0.3) is 0 Å².